The van der Waals surface area contributed by atoms with E-state index in [1.807, 2.05) is 0 Å². The summed E-state index contributed by atoms with van der Waals surface area (Å²) in [6, 6.07) is 0. The molecule has 2 aliphatic heterocycles. The molecule has 3 N–H and O–H groups in total. The van der Waals surface area contributed by atoms with Gasteiger partial charge in [-0.25, -0.2) is 0 Å². The Hall–Kier alpha value is -2.78. The van der Waals surface area contributed by atoms with Gasteiger partial charge in [-0.2, -0.15) is 0 Å². The van der Waals surface area contributed by atoms with Crippen molar-refractivity contribution in [2.45, 2.75) is 95.3 Å². The van der Waals surface area contributed by atoms with E-state index in [1.54, 1.807) is 0 Å². The average molecular weight is 532 g/mol. The van der Waals surface area contributed by atoms with Gasteiger partial charge >= 0.3 is 23.9 Å². The molecule has 0 amide bonds. The predicted octanol–water partition coefficient (Wildman–Crippen LogP) is -1.18. The second-order valence-corrected chi connectivity index (χ2v) is 9.38. The number of hydrogen-bond acceptors (Lipinski definition) is 14. The van der Waals surface area contributed by atoms with E-state index < -0.39 is 90.7 Å². The standard InChI is InChI=1S/C23H32O14/c1-10(25)32-15-8-22(5,37-13(4)28)19-21(31-7-6-23(15,19)30)36-20-16(29)18(34-12(3)27)17(33-11(2)26)14(9-24)35-20/h6-7,14-21,24,29-30H,8-9H2,1-5H3/t14-,15-,16-,17-,18-,19-,20+,21+,22+,23-/m1/s1. The fourth-order valence-corrected chi connectivity index (χ4v) is 5.20. The molecule has 0 aromatic carbocycles. The number of aliphatic hydroxyl groups is 3. The smallest absolute Gasteiger partial charge is 0.303 e. The summed E-state index contributed by atoms with van der Waals surface area (Å²) in [4.78, 5) is 46.9. The van der Waals surface area contributed by atoms with Crippen molar-refractivity contribution in [2.24, 2.45) is 5.92 Å². The molecular weight excluding hydrogens is 500 g/mol. The minimum absolute atomic E-state index is 0.112. The minimum atomic E-state index is -1.91. The second kappa shape index (κ2) is 10.9. The van der Waals surface area contributed by atoms with Gasteiger partial charge in [-0.1, -0.05) is 0 Å². The Bertz CT molecular complexity index is 934. The molecule has 0 aromatic rings. The number of aliphatic hydroxyl groups excluding tert-OH is 2. The number of fused-ring (bicyclic) bond motifs is 1. The fourth-order valence-electron chi connectivity index (χ4n) is 5.20. The first-order valence-electron chi connectivity index (χ1n) is 11.6. The molecule has 0 radical (unpaired) electrons. The van der Waals surface area contributed by atoms with Crippen LogP contribution >= 0.6 is 0 Å². The van der Waals surface area contributed by atoms with Crippen LogP contribution in [0, 0.1) is 5.92 Å². The number of hydrogen-bond donors (Lipinski definition) is 3. The van der Waals surface area contributed by atoms with Crippen molar-refractivity contribution < 1.29 is 67.7 Å². The average Bonchev–Trinajstić information content (AvgIpc) is 2.97. The van der Waals surface area contributed by atoms with Crippen LogP contribution in [-0.2, 0) is 52.3 Å². The van der Waals surface area contributed by atoms with Crippen LogP contribution in [0.4, 0.5) is 0 Å². The summed E-state index contributed by atoms with van der Waals surface area (Å²) in [6.45, 7) is 5.28. The largest absolute Gasteiger partial charge is 0.472 e. The highest BCUT2D eigenvalue weighted by atomic mass is 16.8. The Morgan fingerprint density at radius 1 is 0.946 bits per heavy atom. The normalized spacial score (nSPS) is 40.6. The molecule has 0 spiro atoms. The lowest BCUT2D eigenvalue weighted by atomic mass is 9.81. The van der Waals surface area contributed by atoms with E-state index in [1.165, 1.54) is 13.0 Å². The van der Waals surface area contributed by atoms with Crippen LogP contribution in [0.1, 0.15) is 41.0 Å². The van der Waals surface area contributed by atoms with E-state index in [-0.39, 0.29) is 6.42 Å². The number of rotatable bonds is 7. The van der Waals surface area contributed by atoms with Crippen LogP contribution < -0.4 is 0 Å². The Labute approximate surface area is 212 Å². The van der Waals surface area contributed by atoms with Gasteiger partial charge in [0.1, 0.15) is 29.5 Å². The third-order valence-electron chi connectivity index (χ3n) is 6.43. The van der Waals surface area contributed by atoms with Crippen LogP contribution in [0.2, 0.25) is 0 Å². The summed E-state index contributed by atoms with van der Waals surface area (Å²) in [7, 11) is 0. The number of esters is 4. The SMILES string of the molecule is CC(=O)O[C@@H]1[C@@H](O)[C@H](O[C@@H]2OC=C[C@@]3(O)[C@H](OC(C)=O)C[C@](C)(OC(C)=O)[C@@H]23)O[C@H](CO)[C@H]1OC(C)=O. The molecule has 0 unspecified atom stereocenters. The van der Waals surface area contributed by atoms with E-state index in [2.05, 4.69) is 0 Å². The lowest BCUT2D eigenvalue weighted by molar-refractivity contribution is -0.352. The Balaban J connectivity index is 1.94. The second-order valence-electron chi connectivity index (χ2n) is 9.38. The van der Waals surface area contributed by atoms with E-state index in [0.29, 0.717) is 0 Å². The van der Waals surface area contributed by atoms with Crippen LogP contribution in [-0.4, -0.2) is 100 Å². The van der Waals surface area contributed by atoms with Crippen molar-refractivity contribution in [3.8, 4) is 0 Å². The first-order chi connectivity index (χ1) is 17.2. The zero-order valence-corrected chi connectivity index (χ0v) is 21.0. The van der Waals surface area contributed by atoms with Crippen molar-refractivity contribution in [1.82, 2.24) is 0 Å². The predicted molar refractivity (Wildman–Crippen MR) is 117 cm³/mol. The third-order valence-corrected chi connectivity index (χ3v) is 6.43. The molecule has 3 aliphatic rings. The Morgan fingerprint density at radius 2 is 1.54 bits per heavy atom. The van der Waals surface area contributed by atoms with Crippen molar-refractivity contribution in [3.05, 3.63) is 12.3 Å². The Kier molecular flexibility index (Phi) is 8.49. The van der Waals surface area contributed by atoms with Gasteiger partial charge in [-0.3, -0.25) is 19.2 Å². The van der Waals surface area contributed by atoms with Gasteiger partial charge < -0.3 is 48.5 Å². The molecule has 2 fully saturated rings. The minimum Gasteiger partial charge on any atom is -0.472 e. The van der Waals surface area contributed by atoms with Crippen LogP contribution in [0.3, 0.4) is 0 Å². The third kappa shape index (κ3) is 5.88. The maximum atomic E-state index is 11.9. The summed E-state index contributed by atoms with van der Waals surface area (Å²) in [5.41, 5.74) is -3.38. The summed E-state index contributed by atoms with van der Waals surface area (Å²) < 4.78 is 38.2. The van der Waals surface area contributed by atoms with Gasteiger partial charge in [-0.15, -0.1) is 0 Å². The molecule has 1 saturated heterocycles. The maximum absolute atomic E-state index is 11.9. The molecule has 14 nitrogen and oxygen atoms in total. The highest BCUT2D eigenvalue weighted by Crippen LogP contribution is 2.52. The lowest BCUT2D eigenvalue weighted by Crippen LogP contribution is -2.63. The first-order valence-corrected chi connectivity index (χ1v) is 11.6. The molecule has 3 rings (SSSR count). The van der Waals surface area contributed by atoms with Gasteiger partial charge in [-0.05, 0) is 13.0 Å². The zero-order chi connectivity index (χ0) is 27.7. The molecule has 0 aromatic heterocycles. The fraction of sp³-hybridized carbons (Fsp3) is 0.739. The summed E-state index contributed by atoms with van der Waals surface area (Å²) in [5, 5.41) is 32.4. The van der Waals surface area contributed by atoms with E-state index in [4.69, 9.17) is 33.2 Å². The van der Waals surface area contributed by atoms with Crippen LogP contribution in [0.15, 0.2) is 12.3 Å². The van der Waals surface area contributed by atoms with Gasteiger partial charge in [0.05, 0.1) is 18.8 Å². The molecule has 14 heteroatoms. The highest BCUT2D eigenvalue weighted by molar-refractivity contribution is 5.68. The van der Waals surface area contributed by atoms with Crippen molar-refractivity contribution in [1.29, 1.82) is 0 Å². The van der Waals surface area contributed by atoms with Crippen molar-refractivity contribution in [3.63, 3.8) is 0 Å². The molecule has 2 heterocycles. The number of ether oxygens (including phenoxy) is 7. The lowest BCUT2D eigenvalue weighted by Gasteiger charge is -2.46. The van der Waals surface area contributed by atoms with Crippen molar-refractivity contribution in [2.75, 3.05) is 6.61 Å². The number of carbonyl (C=O) groups is 4. The summed E-state index contributed by atoms with van der Waals surface area (Å²) >= 11 is 0. The number of carbonyl (C=O) groups excluding carboxylic acids is 4. The molecule has 10 atom stereocenters. The molecule has 1 aliphatic carbocycles. The quantitative estimate of drug-likeness (QED) is 0.262. The molecule has 208 valence electrons. The van der Waals surface area contributed by atoms with Crippen LogP contribution in [0.25, 0.3) is 0 Å². The molecule has 0 bridgehead atoms. The molecule has 1 saturated carbocycles. The highest BCUT2D eigenvalue weighted by Gasteiger charge is 2.68. The first kappa shape index (κ1) is 28.8. The van der Waals surface area contributed by atoms with Gasteiger partial charge in [0.25, 0.3) is 0 Å². The van der Waals surface area contributed by atoms with E-state index in [9.17, 15) is 34.5 Å². The topological polar surface area (TPSA) is 194 Å². The van der Waals surface area contributed by atoms with Crippen LogP contribution in [0.5, 0.6) is 0 Å². The van der Waals surface area contributed by atoms with E-state index in [0.717, 1.165) is 34.0 Å². The summed E-state index contributed by atoms with van der Waals surface area (Å²) in [5.74, 6) is -4.15. The van der Waals surface area contributed by atoms with Gasteiger partial charge in [0, 0.05) is 34.1 Å². The van der Waals surface area contributed by atoms with Crippen molar-refractivity contribution >= 4 is 23.9 Å². The van der Waals surface area contributed by atoms with E-state index >= 15 is 0 Å². The zero-order valence-electron chi connectivity index (χ0n) is 21.0. The van der Waals surface area contributed by atoms with Gasteiger partial charge in [0.15, 0.2) is 18.5 Å². The molecule has 37 heavy (non-hydrogen) atoms. The Morgan fingerprint density at radius 3 is 2.08 bits per heavy atom. The maximum Gasteiger partial charge on any atom is 0.303 e. The summed E-state index contributed by atoms with van der Waals surface area (Å²) in [6.07, 6.45) is -7.89. The monoisotopic (exact) mass is 532 g/mol. The van der Waals surface area contributed by atoms with Gasteiger partial charge in [0.2, 0.25) is 6.29 Å². The molecular formula is C23H32O14.